The minimum atomic E-state index is -0.372. The molecule has 0 aliphatic carbocycles. The van der Waals surface area contributed by atoms with E-state index in [0.717, 1.165) is 52.0 Å². The van der Waals surface area contributed by atoms with Crippen LogP contribution in [0.4, 0.5) is 0 Å². The van der Waals surface area contributed by atoms with Crippen LogP contribution < -0.4 is 5.32 Å². The molecule has 2 aliphatic heterocycles. The van der Waals surface area contributed by atoms with Crippen LogP contribution in [-0.4, -0.2) is 47.8 Å². The quantitative estimate of drug-likeness (QED) is 0.904. The summed E-state index contributed by atoms with van der Waals surface area (Å²) < 4.78 is 11.4. The lowest BCUT2D eigenvalue weighted by atomic mass is 9.95. The second kappa shape index (κ2) is 5.79. The minimum Gasteiger partial charge on any atom is -0.367 e. The third-order valence-electron chi connectivity index (χ3n) is 4.44. The largest absolute Gasteiger partial charge is 0.367 e. The molecule has 2 unspecified atom stereocenters. The molecule has 0 spiro atoms. The van der Waals surface area contributed by atoms with Gasteiger partial charge in [0, 0.05) is 32.8 Å². The summed E-state index contributed by atoms with van der Waals surface area (Å²) in [7, 11) is 0. The van der Waals surface area contributed by atoms with Gasteiger partial charge in [-0.3, -0.25) is 4.90 Å². The summed E-state index contributed by atoms with van der Waals surface area (Å²) in [5, 5.41) is 7.53. The Balaban J connectivity index is 1.72. The van der Waals surface area contributed by atoms with Crippen molar-refractivity contribution in [1.82, 2.24) is 20.4 Å². The first kappa shape index (κ1) is 14.0. The molecular formula is C14H24N4O2. The van der Waals surface area contributed by atoms with E-state index in [2.05, 4.69) is 34.2 Å². The summed E-state index contributed by atoms with van der Waals surface area (Å²) in [6.07, 6.45) is 3.25. The molecule has 2 aliphatic rings. The highest BCUT2D eigenvalue weighted by Gasteiger charge is 2.36. The van der Waals surface area contributed by atoms with Crippen LogP contribution in [0.25, 0.3) is 0 Å². The van der Waals surface area contributed by atoms with E-state index in [1.807, 2.05) is 0 Å². The van der Waals surface area contributed by atoms with E-state index in [9.17, 15) is 0 Å². The van der Waals surface area contributed by atoms with Crippen molar-refractivity contribution in [1.29, 1.82) is 0 Å². The monoisotopic (exact) mass is 280 g/mol. The van der Waals surface area contributed by atoms with Crippen molar-refractivity contribution >= 4 is 0 Å². The summed E-state index contributed by atoms with van der Waals surface area (Å²) in [4.78, 5) is 6.99. The summed E-state index contributed by atoms with van der Waals surface area (Å²) >= 11 is 0. The van der Waals surface area contributed by atoms with Gasteiger partial charge in [0.2, 0.25) is 11.7 Å². The molecule has 0 radical (unpaired) electrons. The van der Waals surface area contributed by atoms with Gasteiger partial charge < -0.3 is 14.6 Å². The second-order valence-electron chi connectivity index (χ2n) is 5.95. The van der Waals surface area contributed by atoms with Crippen LogP contribution in [0.2, 0.25) is 0 Å². The van der Waals surface area contributed by atoms with Gasteiger partial charge in [-0.2, -0.15) is 4.98 Å². The molecule has 1 aromatic rings. The Labute approximate surface area is 119 Å². The Morgan fingerprint density at radius 2 is 2.10 bits per heavy atom. The molecule has 112 valence electrons. The molecule has 2 atom stereocenters. The molecule has 3 heterocycles. The number of nitrogens with zero attached hydrogens (tertiary/aromatic N) is 3. The maximum absolute atomic E-state index is 5.88. The molecule has 0 saturated carbocycles. The summed E-state index contributed by atoms with van der Waals surface area (Å²) in [6, 6.07) is 0.172. The predicted octanol–water partition coefficient (Wildman–Crippen LogP) is 1.45. The van der Waals surface area contributed by atoms with Gasteiger partial charge >= 0.3 is 0 Å². The van der Waals surface area contributed by atoms with E-state index < -0.39 is 0 Å². The Kier molecular flexibility index (Phi) is 4.05. The van der Waals surface area contributed by atoms with Crippen LogP contribution in [0, 0.1) is 0 Å². The van der Waals surface area contributed by atoms with Gasteiger partial charge in [0.05, 0.1) is 6.04 Å². The first-order valence-electron chi connectivity index (χ1n) is 7.62. The van der Waals surface area contributed by atoms with Crippen molar-refractivity contribution in [2.24, 2.45) is 0 Å². The summed E-state index contributed by atoms with van der Waals surface area (Å²) in [5.41, 5.74) is -0.372. The van der Waals surface area contributed by atoms with Crippen LogP contribution >= 0.6 is 0 Å². The highest BCUT2D eigenvalue weighted by Crippen LogP contribution is 2.33. The standard InChI is InChI=1S/C14H24N4O2/c1-11(18-8-6-15-7-9-18)12-16-13(17-20-12)14(2)5-3-4-10-19-14/h11,15H,3-10H2,1-2H3. The van der Waals surface area contributed by atoms with E-state index in [1.165, 1.54) is 0 Å². The molecule has 2 saturated heterocycles. The van der Waals surface area contributed by atoms with Crippen LogP contribution in [0.15, 0.2) is 4.52 Å². The fourth-order valence-corrected chi connectivity index (χ4v) is 2.96. The number of piperazine rings is 1. The van der Waals surface area contributed by atoms with Gasteiger partial charge in [-0.05, 0) is 33.1 Å². The van der Waals surface area contributed by atoms with Gasteiger partial charge in [0.15, 0.2) is 0 Å². The average molecular weight is 280 g/mol. The summed E-state index contributed by atoms with van der Waals surface area (Å²) in [6.45, 7) is 9.06. The lowest BCUT2D eigenvalue weighted by molar-refractivity contribution is -0.0770. The van der Waals surface area contributed by atoms with Crippen molar-refractivity contribution in [2.45, 2.75) is 44.8 Å². The van der Waals surface area contributed by atoms with E-state index in [1.54, 1.807) is 0 Å². The smallest absolute Gasteiger partial charge is 0.243 e. The van der Waals surface area contributed by atoms with E-state index in [4.69, 9.17) is 9.26 Å². The highest BCUT2D eigenvalue weighted by atomic mass is 16.5. The molecule has 3 rings (SSSR count). The summed E-state index contributed by atoms with van der Waals surface area (Å²) in [5.74, 6) is 1.41. The number of hydrogen-bond acceptors (Lipinski definition) is 6. The normalized spacial score (nSPS) is 30.3. The molecule has 6 heteroatoms. The lowest BCUT2D eigenvalue weighted by Crippen LogP contribution is -2.44. The van der Waals surface area contributed by atoms with Crippen LogP contribution in [0.5, 0.6) is 0 Å². The maximum Gasteiger partial charge on any atom is 0.243 e. The predicted molar refractivity (Wildman–Crippen MR) is 74.3 cm³/mol. The topological polar surface area (TPSA) is 63.4 Å². The molecule has 1 aromatic heterocycles. The minimum absolute atomic E-state index is 0.172. The van der Waals surface area contributed by atoms with Gasteiger partial charge in [-0.25, -0.2) is 0 Å². The van der Waals surface area contributed by atoms with Crippen LogP contribution in [-0.2, 0) is 10.3 Å². The van der Waals surface area contributed by atoms with Crippen molar-refractivity contribution in [3.63, 3.8) is 0 Å². The van der Waals surface area contributed by atoms with Crippen molar-refractivity contribution in [3.05, 3.63) is 11.7 Å². The Morgan fingerprint density at radius 3 is 2.80 bits per heavy atom. The third kappa shape index (κ3) is 2.73. The van der Waals surface area contributed by atoms with Gasteiger partial charge in [0.25, 0.3) is 0 Å². The molecule has 0 bridgehead atoms. The number of ether oxygens (including phenoxy) is 1. The second-order valence-corrected chi connectivity index (χ2v) is 5.95. The van der Waals surface area contributed by atoms with Gasteiger partial charge in [-0.1, -0.05) is 5.16 Å². The van der Waals surface area contributed by atoms with E-state index in [-0.39, 0.29) is 11.6 Å². The van der Waals surface area contributed by atoms with Crippen molar-refractivity contribution < 1.29 is 9.26 Å². The van der Waals surface area contributed by atoms with Crippen LogP contribution in [0.3, 0.4) is 0 Å². The Bertz CT molecular complexity index is 436. The van der Waals surface area contributed by atoms with Gasteiger partial charge in [-0.15, -0.1) is 0 Å². The fraction of sp³-hybridized carbons (Fsp3) is 0.857. The number of nitrogens with one attached hydrogen (secondary N) is 1. The molecule has 20 heavy (non-hydrogen) atoms. The zero-order valence-corrected chi connectivity index (χ0v) is 12.4. The molecule has 2 fully saturated rings. The number of rotatable bonds is 3. The van der Waals surface area contributed by atoms with E-state index in [0.29, 0.717) is 11.7 Å². The van der Waals surface area contributed by atoms with Crippen LogP contribution in [0.1, 0.15) is 50.9 Å². The van der Waals surface area contributed by atoms with Crippen molar-refractivity contribution in [2.75, 3.05) is 32.8 Å². The molecular weight excluding hydrogens is 256 g/mol. The van der Waals surface area contributed by atoms with Crippen molar-refractivity contribution in [3.8, 4) is 0 Å². The lowest BCUT2D eigenvalue weighted by Gasteiger charge is -2.31. The Morgan fingerprint density at radius 1 is 1.30 bits per heavy atom. The van der Waals surface area contributed by atoms with Gasteiger partial charge in [0.1, 0.15) is 5.60 Å². The molecule has 1 N–H and O–H groups in total. The zero-order chi connectivity index (χ0) is 14.0. The highest BCUT2D eigenvalue weighted by molar-refractivity contribution is 5.02. The fourth-order valence-electron chi connectivity index (χ4n) is 2.96. The average Bonchev–Trinajstić information content (AvgIpc) is 2.99. The maximum atomic E-state index is 5.88. The number of aromatic nitrogens is 2. The number of hydrogen-bond donors (Lipinski definition) is 1. The third-order valence-corrected chi connectivity index (χ3v) is 4.44. The van der Waals surface area contributed by atoms with E-state index >= 15 is 0 Å². The zero-order valence-electron chi connectivity index (χ0n) is 12.4. The first-order chi connectivity index (χ1) is 9.69. The Hall–Kier alpha value is -0.980. The molecule has 6 nitrogen and oxygen atoms in total. The first-order valence-corrected chi connectivity index (χ1v) is 7.62. The molecule has 0 amide bonds. The molecule has 0 aromatic carbocycles. The SMILES string of the molecule is CC(c1nc(C2(C)CCCCO2)no1)N1CCNCC1.